The summed E-state index contributed by atoms with van der Waals surface area (Å²) in [5.41, 5.74) is -0.178. The molecule has 1 atom stereocenters. The summed E-state index contributed by atoms with van der Waals surface area (Å²) in [6, 6.07) is -0.0431. The molecular weight excluding hydrogens is 368 g/mol. The second-order valence-electron chi connectivity index (χ2n) is 7.96. The van der Waals surface area contributed by atoms with E-state index in [9.17, 15) is 9.59 Å². The topological polar surface area (TPSA) is 75.2 Å². The van der Waals surface area contributed by atoms with Gasteiger partial charge in [0.15, 0.2) is 5.69 Å². The summed E-state index contributed by atoms with van der Waals surface area (Å²) in [5, 5.41) is 1.66. The number of rotatable bonds is 4. The normalized spacial score (nSPS) is 18.0. The highest BCUT2D eigenvalue weighted by Crippen LogP contribution is 2.32. The zero-order chi connectivity index (χ0) is 20.4. The first-order valence-electron chi connectivity index (χ1n) is 8.99. The molecule has 27 heavy (non-hydrogen) atoms. The van der Waals surface area contributed by atoms with Crippen LogP contribution in [0.1, 0.15) is 43.2 Å². The van der Waals surface area contributed by atoms with Crippen LogP contribution in [0, 0.1) is 0 Å². The highest BCUT2D eigenvalue weighted by Gasteiger charge is 2.33. The van der Waals surface area contributed by atoms with Crippen LogP contribution in [0.3, 0.4) is 0 Å². The maximum Gasteiger partial charge on any atom is 0.410 e. The molecule has 0 spiro atoms. The zero-order valence-corrected chi connectivity index (χ0v) is 18.1. The number of ether oxygens (including phenoxy) is 2. The van der Waals surface area contributed by atoms with E-state index in [-0.39, 0.29) is 12.1 Å². The Bertz CT molecular complexity index is 683. The van der Waals surface area contributed by atoms with Gasteiger partial charge in [0.2, 0.25) is 0 Å². The summed E-state index contributed by atoms with van der Waals surface area (Å²) in [6.07, 6.45) is -0.305. The number of amides is 1. The van der Waals surface area contributed by atoms with Crippen LogP contribution in [0.4, 0.5) is 9.80 Å². The van der Waals surface area contributed by atoms with Crippen molar-refractivity contribution in [2.75, 3.05) is 45.7 Å². The van der Waals surface area contributed by atoms with E-state index in [1.807, 2.05) is 46.7 Å². The van der Waals surface area contributed by atoms with Crippen molar-refractivity contribution in [1.82, 2.24) is 14.8 Å². The fraction of sp³-hybridized carbons (Fsp3) is 0.722. The molecule has 0 N–H and O–H groups in total. The predicted octanol–water partition coefficient (Wildman–Crippen LogP) is 2.44. The summed E-state index contributed by atoms with van der Waals surface area (Å²) < 4.78 is 10.4. The van der Waals surface area contributed by atoms with Gasteiger partial charge >= 0.3 is 12.1 Å². The van der Waals surface area contributed by atoms with Gasteiger partial charge in [-0.05, 0) is 41.8 Å². The smallest absolute Gasteiger partial charge is 0.410 e. The molecule has 0 unspecified atom stereocenters. The number of nitrogens with zero attached hydrogens (tertiary/aromatic N) is 4. The molecule has 0 saturated carbocycles. The van der Waals surface area contributed by atoms with Crippen LogP contribution >= 0.6 is 11.3 Å². The van der Waals surface area contributed by atoms with E-state index in [0.717, 1.165) is 10.0 Å². The quantitative estimate of drug-likeness (QED) is 0.721. The Kier molecular flexibility index (Phi) is 6.69. The minimum absolute atomic E-state index is 0.0431. The second-order valence-corrected chi connectivity index (χ2v) is 9.02. The minimum atomic E-state index is -0.523. The average molecular weight is 399 g/mol. The van der Waals surface area contributed by atoms with Gasteiger partial charge in [-0.2, -0.15) is 0 Å². The molecule has 0 bridgehead atoms. The number of aromatic nitrogens is 1. The van der Waals surface area contributed by atoms with Crippen molar-refractivity contribution in [2.45, 2.75) is 45.9 Å². The fourth-order valence-corrected chi connectivity index (χ4v) is 4.07. The number of carbonyl (C=O) groups excluding carboxylic acids is 2. The lowest BCUT2D eigenvalue weighted by molar-refractivity contribution is 0.0158. The van der Waals surface area contributed by atoms with Gasteiger partial charge in [-0.3, -0.25) is 0 Å². The average Bonchev–Trinajstić information content (AvgIpc) is 2.95. The van der Waals surface area contributed by atoms with Crippen molar-refractivity contribution in [3.8, 4) is 0 Å². The highest BCUT2D eigenvalue weighted by molar-refractivity contribution is 7.16. The summed E-state index contributed by atoms with van der Waals surface area (Å²) in [6.45, 7) is 9.95. The van der Waals surface area contributed by atoms with Gasteiger partial charge in [0, 0.05) is 32.2 Å². The van der Waals surface area contributed by atoms with E-state index < -0.39 is 11.6 Å². The zero-order valence-electron chi connectivity index (χ0n) is 17.2. The lowest BCUT2D eigenvalue weighted by atomic mass is 10.2. The van der Waals surface area contributed by atoms with Crippen molar-refractivity contribution < 1.29 is 19.1 Å². The molecule has 1 amide bonds. The SMILES string of the molecule is COC(=O)c1nc(CN(C)C)sc1N1CCN(C(=O)OC(C)(C)C)[C@H](C)C1. The first-order chi connectivity index (χ1) is 12.5. The molecule has 0 aliphatic carbocycles. The van der Waals surface area contributed by atoms with Crippen LogP contribution in [0.5, 0.6) is 0 Å². The molecule has 2 heterocycles. The van der Waals surface area contributed by atoms with Crippen molar-refractivity contribution in [2.24, 2.45) is 0 Å². The Hall–Kier alpha value is -1.87. The van der Waals surface area contributed by atoms with Crippen LogP contribution in [0.15, 0.2) is 0 Å². The molecular formula is C18H30N4O4S. The Morgan fingerprint density at radius 3 is 2.48 bits per heavy atom. The first kappa shape index (κ1) is 21.4. The minimum Gasteiger partial charge on any atom is -0.464 e. The van der Waals surface area contributed by atoms with Gasteiger partial charge in [-0.25, -0.2) is 14.6 Å². The van der Waals surface area contributed by atoms with E-state index in [4.69, 9.17) is 9.47 Å². The van der Waals surface area contributed by atoms with Gasteiger partial charge in [-0.1, -0.05) is 11.3 Å². The lowest BCUT2D eigenvalue weighted by Gasteiger charge is -2.40. The van der Waals surface area contributed by atoms with Crippen molar-refractivity contribution >= 4 is 28.4 Å². The molecule has 152 valence electrons. The van der Waals surface area contributed by atoms with E-state index in [1.165, 1.54) is 18.4 Å². The van der Waals surface area contributed by atoms with Crippen LogP contribution in [-0.2, 0) is 16.0 Å². The van der Waals surface area contributed by atoms with Crippen LogP contribution in [0.25, 0.3) is 0 Å². The lowest BCUT2D eigenvalue weighted by Crippen LogP contribution is -2.55. The summed E-state index contributed by atoms with van der Waals surface area (Å²) in [4.78, 5) is 34.9. The maximum absolute atomic E-state index is 12.4. The van der Waals surface area contributed by atoms with Crippen LogP contribution in [-0.4, -0.2) is 79.3 Å². The molecule has 1 aromatic heterocycles. The molecule has 9 heteroatoms. The molecule has 1 aliphatic heterocycles. The largest absolute Gasteiger partial charge is 0.464 e. The standard InChI is InChI=1S/C18H30N4O4S/c1-12-10-21(8-9-22(12)17(24)26-18(2,3)4)15-14(16(23)25-7)19-13(27-15)11-20(5)6/h12H,8-11H2,1-7H3/t12-/m1/s1. The number of hydrogen-bond acceptors (Lipinski definition) is 8. The van der Waals surface area contributed by atoms with Gasteiger partial charge in [-0.15, -0.1) is 0 Å². The third-order valence-corrected chi connectivity index (χ3v) is 5.13. The van der Waals surface area contributed by atoms with Gasteiger partial charge < -0.3 is 24.2 Å². The van der Waals surface area contributed by atoms with E-state index >= 15 is 0 Å². The van der Waals surface area contributed by atoms with Crippen molar-refractivity contribution in [3.63, 3.8) is 0 Å². The van der Waals surface area contributed by atoms with Gasteiger partial charge in [0.05, 0.1) is 7.11 Å². The number of hydrogen-bond donors (Lipinski definition) is 0. The fourth-order valence-electron chi connectivity index (χ4n) is 2.87. The van der Waals surface area contributed by atoms with Crippen LogP contribution in [0.2, 0.25) is 0 Å². The van der Waals surface area contributed by atoms with E-state index in [1.54, 1.807) is 4.90 Å². The third kappa shape index (κ3) is 5.55. The molecule has 0 aromatic carbocycles. The second kappa shape index (κ2) is 8.43. The Labute approximate surface area is 165 Å². The number of methoxy groups -OCH3 is 1. The molecule has 2 rings (SSSR count). The molecule has 1 aliphatic rings. The third-order valence-electron chi connectivity index (χ3n) is 4.03. The van der Waals surface area contributed by atoms with Crippen molar-refractivity contribution in [1.29, 1.82) is 0 Å². The van der Waals surface area contributed by atoms with Gasteiger partial charge in [0.25, 0.3) is 0 Å². The van der Waals surface area contributed by atoms with Gasteiger partial charge in [0.1, 0.15) is 15.6 Å². The Balaban J connectivity index is 2.17. The van der Waals surface area contributed by atoms with Crippen molar-refractivity contribution in [3.05, 3.63) is 10.7 Å². The molecule has 0 radical (unpaired) electrons. The molecule has 1 fully saturated rings. The van der Waals surface area contributed by atoms with Crippen LogP contribution < -0.4 is 4.90 Å². The Morgan fingerprint density at radius 2 is 1.96 bits per heavy atom. The molecule has 1 aromatic rings. The number of anilines is 1. The number of thiazole rings is 1. The molecule has 1 saturated heterocycles. The Morgan fingerprint density at radius 1 is 1.30 bits per heavy atom. The number of carbonyl (C=O) groups is 2. The van der Waals surface area contributed by atoms with E-state index in [2.05, 4.69) is 9.88 Å². The number of piperazine rings is 1. The summed E-state index contributed by atoms with van der Waals surface area (Å²) in [5.74, 6) is -0.437. The predicted molar refractivity (Wildman–Crippen MR) is 105 cm³/mol. The molecule has 8 nitrogen and oxygen atoms in total. The van der Waals surface area contributed by atoms with E-state index in [0.29, 0.717) is 31.9 Å². The maximum atomic E-state index is 12.4. The monoisotopic (exact) mass is 398 g/mol. The first-order valence-corrected chi connectivity index (χ1v) is 9.80. The number of esters is 1. The summed E-state index contributed by atoms with van der Waals surface area (Å²) in [7, 11) is 5.28. The highest BCUT2D eigenvalue weighted by atomic mass is 32.1. The summed E-state index contributed by atoms with van der Waals surface area (Å²) >= 11 is 1.50.